The van der Waals surface area contributed by atoms with Gasteiger partial charge in [0.1, 0.15) is 13.2 Å². The summed E-state index contributed by atoms with van der Waals surface area (Å²) in [6.07, 6.45) is 108. The molecule has 0 radical (unpaired) electrons. The number of carbonyl (C=O) groups excluding carboxylic acids is 2. The number of rotatable bonds is 65. The second-order valence-electron chi connectivity index (χ2n) is 24.8. The van der Waals surface area contributed by atoms with Crippen molar-refractivity contribution in [2.45, 2.75) is 270 Å². The molecule has 0 rings (SSSR count). The third-order valence-corrected chi connectivity index (χ3v) is 14.8. The number of carbonyl (C=O) groups is 3. The second kappa shape index (κ2) is 72.0. The Morgan fingerprint density at radius 1 is 0.323 bits per heavy atom. The lowest BCUT2D eigenvalue weighted by atomic mass is 10.0. The van der Waals surface area contributed by atoms with E-state index in [-0.39, 0.29) is 38.6 Å². The largest absolute Gasteiger partial charge is 0.477 e. The number of carboxylic acid groups (broad SMARTS) is 1. The fourth-order valence-electron chi connectivity index (χ4n) is 9.34. The molecule has 0 aromatic heterocycles. The minimum absolute atomic E-state index is 0.175. The van der Waals surface area contributed by atoms with Crippen LogP contribution in [0.3, 0.4) is 0 Å². The van der Waals surface area contributed by atoms with E-state index in [4.69, 9.17) is 18.9 Å². The summed E-state index contributed by atoms with van der Waals surface area (Å²) in [7, 11) is 5.96. The van der Waals surface area contributed by atoms with E-state index in [1.54, 1.807) is 0 Å². The van der Waals surface area contributed by atoms with Gasteiger partial charge in [0.25, 0.3) is 6.29 Å². The van der Waals surface area contributed by atoms with Crippen molar-refractivity contribution in [1.82, 2.24) is 0 Å². The molecule has 0 aromatic carbocycles. The van der Waals surface area contributed by atoms with Crippen molar-refractivity contribution < 1.29 is 42.9 Å². The second-order valence-corrected chi connectivity index (χ2v) is 24.8. The van der Waals surface area contributed by atoms with Crippen molar-refractivity contribution in [2.75, 3.05) is 47.5 Å². The molecule has 2 unspecified atom stereocenters. The van der Waals surface area contributed by atoms with E-state index < -0.39 is 24.3 Å². The van der Waals surface area contributed by atoms with E-state index in [9.17, 15) is 19.5 Å². The molecule has 0 aliphatic rings. The summed E-state index contributed by atoms with van der Waals surface area (Å²) in [5.41, 5.74) is 0. The Hall–Kier alpha value is -5.87. The molecule has 0 amide bonds. The zero-order chi connectivity index (χ0) is 67.5. The van der Waals surface area contributed by atoms with Gasteiger partial charge in [0, 0.05) is 12.8 Å². The average molecular weight is 1290 g/mol. The molecule has 0 aromatic rings. The van der Waals surface area contributed by atoms with Crippen LogP contribution in [0.4, 0.5) is 0 Å². The first-order chi connectivity index (χ1) is 45.6. The van der Waals surface area contributed by atoms with E-state index in [1.807, 2.05) is 21.1 Å². The van der Waals surface area contributed by atoms with E-state index in [0.29, 0.717) is 17.4 Å². The third kappa shape index (κ3) is 73.4. The van der Waals surface area contributed by atoms with Crippen LogP contribution in [0.1, 0.15) is 258 Å². The Balaban J connectivity index is 4.21. The summed E-state index contributed by atoms with van der Waals surface area (Å²) in [6, 6.07) is 0. The zero-order valence-electron chi connectivity index (χ0n) is 59.6. The molecule has 522 valence electrons. The molecule has 0 heterocycles. The summed E-state index contributed by atoms with van der Waals surface area (Å²) in [5.74, 6) is -2.04. The SMILES string of the molecule is CC/C=C\C/C=C\C/C=C\C/C=C\C/C=C\C/C=C\C/C=C\C/C=C\CCCCCCCCCCCCC(=O)OC(COC(=O)CCCCCCCCCC/C=C\C/C=C\C/C=C\C/C=C\C/C=C\C/C=C\C/C=C\C/C=C\CC)COC(OCC[N+](C)(C)C)C(=O)O. The molecular weight excluding hydrogens is 1150 g/mol. The molecule has 0 saturated carbocycles. The third-order valence-electron chi connectivity index (χ3n) is 14.8. The summed E-state index contributed by atoms with van der Waals surface area (Å²) in [4.78, 5) is 37.7. The molecule has 0 spiro atoms. The number of carboxylic acids is 1. The normalized spacial score (nSPS) is 13.9. The van der Waals surface area contributed by atoms with Gasteiger partial charge in [0.05, 0.1) is 34.4 Å². The lowest BCUT2D eigenvalue weighted by Gasteiger charge is -2.25. The molecular formula is C84H134NO8+. The Kier molecular flexibility index (Phi) is 67.4. The lowest BCUT2D eigenvalue weighted by Crippen LogP contribution is -2.40. The van der Waals surface area contributed by atoms with E-state index in [0.717, 1.165) is 161 Å². The lowest BCUT2D eigenvalue weighted by molar-refractivity contribution is -0.870. The topological polar surface area (TPSA) is 108 Å². The van der Waals surface area contributed by atoms with Crippen LogP contribution in [-0.2, 0) is 33.3 Å². The quantitative estimate of drug-likeness (QED) is 0.0211. The molecule has 0 aliphatic carbocycles. The number of ether oxygens (including phenoxy) is 4. The number of likely N-dealkylation sites (N-methyl/N-ethyl adjacent to an activating group) is 1. The van der Waals surface area contributed by atoms with Crippen LogP contribution in [-0.4, -0.2) is 87.4 Å². The fourth-order valence-corrected chi connectivity index (χ4v) is 9.34. The van der Waals surface area contributed by atoms with Crippen molar-refractivity contribution in [3.8, 4) is 0 Å². The highest BCUT2D eigenvalue weighted by molar-refractivity contribution is 5.71. The van der Waals surface area contributed by atoms with Crippen LogP contribution < -0.4 is 0 Å². The summed E-state index contributed by atoms with van der Waals surface area (Å²) in [5, 5.41) is 9.76. The number of nitrogens with zero attached hydrogens (tertiary/aromatic N) is 1. The monoisotopic (exact) mass is 1290 g/mol. The van der Waals surface area contributed by atoms with Gasteiger partial charge >= 0.3 is 17.9 Å². The standard InChI is InChI=1S/C84H133NO8/c1-6-8-10-12-14-16-18-20-22-24-26-28-30-32-34-36-38-40-41-43-45-47-49-51-53-55-57-59-61-63-65-67-69-71-73-75-82(87)93-80(79-92-84(83(88)89)90-77-76-85(3,4)5)78-91-81(86)74-72-70-68-66-64-62-60-58-56-54-52-50-48-46-44-42-39-37-35-33-31-29-27-25-23-21-19-17-15-13-11-9-7-2/h8-11,14-17,20-23,26-29,32-35,38-40,42-43,45-46,48-49,51-52,54,80,84H,6-7,12-13,18-19,24-25,30-31,36-37,41,44,47,50,53,55-79H2,1-5H3/p+1/b10-8-,11-9-,16-14-,17-15-,22-20-,23-21-,28-26-,29-27-,34-32-,35-33-,40-38-,42-39-,45-43-,48-46-,51-49-,54-52-. The predicted octanol–water partition coefficient (Wildman–Crippen LogP) is 23.4. The first kappa shape index (κ1) is 87.1. The van der Waals surface area contributed by atoms with Gasteiger partial charge in [-0.2, -0.15) is 0 Å². The fraction of sp³-hybridized carbons (Fsp3) is 0.583. The first-order valence-electron chi connectivity index (χ1n) is 36.6. The number of quaternary nitrogens is 1. The molecule has 93 heavy (non-hydrogen) atoms. The van der Waals surface area contributed by atoms with Gasteiger partial charge in [-0.25, -0.2) is 4.79 Å². The molecule has 2 atom stereocenters. The van der Waals surface area contributed by atoms with Crippen molar-refractivity contribution >= 4 is 17.9 Å². The van der Waals surface area contributed by atoms with Crippen LogP contribution in [0.15, 0.2) is 194 Å². The van der Waals surface area contributed by atoms with Gasteiger partial charge in [0.15, 0.2) is 6.10 Å². The van der Waals surface area contributed by atoms with Gasteiger partial charge in [0.2, 0.25) is 0 Å². The molecule has 0 fully saturated rings. The molecule has 1 N–H and O–H groups in total. The van der Waals surface area contributed by atoms with Crippen LogP contribution in [0.2, 0.25) is 0 Å². The van der Waals surface area contributed by atoms with Crippen molar-refractivity contribution in [3.05, 3.63) is 194 Å². The van der Waals surface area contributed by atoms with Gasteiger partial charge in [-0.15, -0.1) is 0 Å². The smallest absolute Gasteiger partial charge is 0.361 e. The number of hydrogen-bond donors (Lipinski definition) is 1. The Morgan fingerprint density at radius 3 is 0.860 bits per heavy atom. The molecule has 9 nitrogen and oxygen atoms in total. The highest BCUT2D eigenvalue weighted by Crippen LogP contribution is 2.15. The van der Waals surface area contributed by atoms with Gasteiger partial charge in [-0.1, -0.05) is 298 Å². The Morgan fingerprint density at radius 2 is 0.581 bits per heavy atom. The van der Waals surface area contributed by atoms with E-state index in [1.165, 1.54) is 64.2 Å². The van der Waals surface area contributed by atoms with Gasteiger partial charge in [-0.3, -0.25) is 9.59 Å². The zero-order valence-corrected chi connectivity index (χ0v) is 59.6. The van der Waals surface area contributed by atoms with E-state index >= 15 is 0 Å². The molecule has 0 saturated heterocycles. The van der Waals surface area contributed by atoms with Crippen molar-refractivity contribution in [1.29, 1.82) is 0 Å². The highest BCUT2D eigenvalue weighted by atomic mass is 16.7. The molecule has 9 heteroatoms. The number of hydrogen-bond acceptors (Lipinski definition) is 7. The maximum atomic E-state index is 13.0. The maximum absolute atomic E-state index is 13.0. The predicted molar refractivity (Wildman–Crippen MR) is 400 cm³/mol. The summed E-state index contributed by atoms with van der Waals surface area (Å²) >= 11 is 0. The Bertz CT molecular complexity index is 2230. The number of aliphatic carboxylic acids is 1. The van der Waals surface area contributed by atoms with Crippen LogP contribution in [0, 0.1) is 0 Å². The van der Waals surface area contributed by atoms with Crippen LogP contribution in [0.25, 0.3) is 0 Å². The summed E-state index contributed by atoms with van der Waals surface area (Å²) < 4.78 is 23.0. The van der Waals surface area contributed by atoms with E-state index in [2.05, 4.69) is 208 Å². The average Bonchev–Trinajstić information content (AvgIpc) is 3.74. The maximum Gasteiger partial charge on any atom is 0.361 e. The van der Waals surface area contributed by atoms with Crippen molar-refractivity contribution in [3.63, 3.8) is 0 Å². The molecule has 0 bridgehead atoms. The van der Waals surface area contributed by atoms with Crippen LogP contribution >= 0.6 is 0 Å². The number of allylic oxidation sites excluding steroid dienone is 32. The molecule has 0 aliphatic heterocycles. The minimum Gasteiger partial charge on any atom is -0.477 e. The Labute approximate surface area is 570 Å². The highest BCUT2D eigenvalue weighted by Gasteiger charge is 2.25. The van der Waals surface area contributed by atoms with Gasteiger partial charge < -0.3 is 28.5 Å². The minimum atomic E-state index is -1.53. The summed E-state index contributed by atoms with van der Waals surface area (Å²) in [6.45, 7) is 4.62. The van der Waals surface area contributed by atoms with Gasteiger partial charge in [-0.05, 0) is 141 Å². The first-order valence-corrected chi connectivity index (χ1v) is 36.6. The number of unbranched alkanes of at least 4 members (excludes halogenated alkanes) is 18. The van der Waals surface area contributed by atoms with Crippen molar-refractivity contribution in [2.24, 2.45) is 0 Å². The van der Waals surface area contributed by atoms with Crippen LogP contribution in [0.5, 0.6) is 0 Å². The number of esters is 2.